The molecule has 0 amide bonds. The second-order valence-electron chi connectivity index (χ2n) is 6.41. The third kappa shape index (κ3) is 4.29. The van der Waals surface area contributed by atoms with Crippen molar-refractivity contribution in [3.63, 3.8) is 0 Å². The Morgan fingerprint density at radius 1 is 1.22 bits per heavy atom. The van der Waals surface area contributed by atoms with Crippen LogP contribution in [0.3, 0.4) is 0 Å². The second kappa shape index (κ2) is 7.30. The van der Waals surface area contributed by atoms with Gasteiger partial charge in [0.15, 0.2) is 11.6 Å². The molecule has 0 atom stereocenters. The Bertz CT molecular complexity index is 805. The third-order valence-corrected chi connectivity index (χ3v) is 4.67. The SMILES string of the molecule is CCc1ncnc(N2CCC(O)(c3cccc(OC(F)(F)F)c3)CC2)c1F. The van der Waals surface area contributed by atoms with Crippen LogP contribution in [0.2, 0.25) is 0 Å². The Balaban J connectivity index is 1.75. The summed E-state index contributed by atoms with van der Waals surface area (Å²) in [6.45, 7) is 2.40. The molecule has 1 fully saturated rings. The fraction of sp³-hybridized carbons (Fsp3) is 0.444. The van der Waals surface area contributed by atoms with E-state index in [4.69, 9.17) is 0 Å². The lowest BCUT2D eigenvalue weighted by molar-refractivity contribution is -0.274. The lowest BCUT2D eigenvalue weighted by Gasteiger charge is -2.39. The molecule has 3 rings (SSSR count). The lowest BCUT2D eigenvalue weighted by atomic mass is 9.84. The number of hydrogen-bond donors (Lipinski definition) is 1. The Morgan fingerprint density at radius 2 is 1.93 bits per heavy atom. The first-order valence-corrected chi connectivity index (χ1v) is 8.55. The van der Waals surface area contributed by atoms with Gasteiger partial charge in [0.1, 0.15) is 12.1 Å². The number of aryl methyl sites for hydroxylation is 1. The fourth-order valence-electron chi connectivity index (χ4n) is 3.22. The van der Waals surface area contributed by atoms with Crippen LogP contribution >= 0.6 is 0 Å². The van der Waals surface area contributed by atoms with Gasteiger partial charge in [-0.2, -0.15) is 0 Å². The van der Waals surface area contributed by atoms with Gasteiger partial charge in [-0.15, -0.1) is 13.2 Å². The van der Waals surface area contributed by atoms with E-state index in [2.05, 4.69) is 14.7 Å². The van der Waals surface area contributed by atoms with E-state index in [0.29, 0.717) is 30.8 Å². The van der Waals surface area contributed by atoms with Gasteiger partial charge in [0, 0.05) is 13.1 Å². The van der Waals surface area contributed by atoms with E-state index in [-0.39, 0.29) is 24.4 Å². The van der Waals surface area contributed by atoms with E-state index in [1.165, 1.54) is 24.5 Å². The summed E-state index contributed by atoms with van der Waals surface area (Å²) in [4.78, 5) is 9.61. The molecule has 0 bridgehead atoms. The zero-order chi connectivity index (χ0) is 19.7. The minimum absolute atomic E-state index is 0.179. The molecule has 1 saturated heterocycles. The first-order chi connectivity index (χ1) is 12.7. The maximum atomic E-state index is 14.4. The maximum Gasteiger partial charge on any atom is 0.573 e. The molecule has 0 radical (unpaired) electrons. The zero-order valence-corrected chi connectivity index (χ0v) is 14.6. The van der Waals surface area contributed by atoms with Gasteiger partial charge in [0.05, 0.1) is 11.3 Å². The minimum Gasteiger partial charge on any atom is -0.406 e. The summed E-state index contributed by atoms with van der Waals surface area (Å²) in [5.74, 6) is -0.686. The van der Waals surface area contributed by atoms with Crippen LogP contribution in [0.4, 0.5) is 23.4 Å². The first kappa shape index (κ1) is 19.3. The number of piperidine rings is 1. The smallest absolute Gasteiger partial charge is 0.406 e. The largest absolute Gasteiger partial charge is 0.573 e. The zero-order valence-electron chi connectivity index (χ0n) is 14.6. The third-order valence-electron chi connectivity index (χ3n) is 4.67. The van der Waals surface area contributed by atoms with Crippen molar-refractivity contribution in [2.24, 2.45) is 0 Å². The second-order valence-corrected chi connectivity index (χ2v) is 6.41. The van der Waals surface area contributed by atoms with E-state index in [1.54, 1.807) is 17.9 Å². The normalized spacial score (nSPS) is 17.0. The van der Waals surface area contributed by atoms with Crippen molar-refractivity contribution in [1.82, 2.24) is 9.97 Å². The highest BCUT2D eigenvalue weighted by molar-refractivity contribution is 5.43. The van der Waals surface area contributed by atoms with Crippen LogP contribution in [0.1, 0.15) is 31.0 Å². The van der Waals surface area contributed by atoms with Crippen molar-refractivity contribution in [3.8, 4) is 5.75 Å². The highest BCUT2D eigenvalue weighted by atomic mass is 19.4. The molecule has 0 unspecified atom stereocenters. The van der Waals surface area contributed by atoms with Gasteiger partial charge in [0.25, 0.3) is 0 Å². The molecule has 0 aliphatic carbocycles. The number of anilines is 1. The molecule has 0 saturated carbocycles. The lowest BCUT2D eigenvalue weighted by Crippen LogP contribution is -2.43. The standard InChI is InChI=1S/C18H19F4N3O2/c1-2-14-15(19)16(24-11-23-14)25-8-6-17(26,7-9-25)12-4-3-5-13(10-12)27-18(20,21)22/h3-5,10-11,26H,2,6-9H2,1H3. The Morgan fingerprint density at radius 3 is 2.56 bits per heavy atom. The van der Waals surface area contributed by atoms with Crippen LogP contribution in [-0.4, -0.2) is 34.5 Å². The van der Waals surface area contributed by atoms with Gasteiger partial charge in [0.2, 0.25) is 0 Å². The summed E-state index contributed by atoms with van der Waals surface area (Å²) >= 11 is 0. The summed E-state index contributed by atoms with van der Waals surface area (Å²) in [5.41, 5.74) is -0.669. The number of nitrogens with zero attached hydrogens (tertiary/aromatic N) is 3. The van der Waals surface area contributed by atoms with Crippen LogP contribution in [0.15, 0.2) is 30.6 Å². The van der Waals surface area contributed by atoms with E-state index in [9.17, 15) is 22.7 Å². The van der Waals surface area contributed by atoms with Crippen LogP contribution in [0, 0.1) is 5.82 Å². The summed E-state index contributed by atoms with van der Waals surface area (Å²) in [7, 11) is 0. The van der Waals surface area contributed by atoms with Crippen LogP contribution in [-0.2, 0) is 12.0 Å². The number of alkyl halides is 3. The highest BCUT2D eigenvalue weighted by Gasteiger charge is 2.36. The number of aliphatic hydroxyl groups is 1. The van der Waals surface area contributed by atoms with Gasteiger partial charge < -0.3 is 14.7 Å². The topological polar surface area (TPSA) is 58.5 Å². The number of rotatable bonds is 4. The average Bonchev–Trinajstić information content (AvgIpc) is 2.62. The summed E-state index contributed by atoms with van der Waals surface area (Å²) in [5, 5.41) is 10.9. The van der Waals surface area contributed by atoms with Crippen molar-refractivity contribution in [3.05, 3.63) is 47.7 Å². The van der Waals surface area contributed by atoms with E-state index in [1.807, 2.05) is 0 Å². The van der Waals surface area contributed by atoms with E-state index < -0.39 is 17.8 Å². The maximum absolute atomic E-state index is 14.4. The van der Waals surface area contributed by atoms with Gasteiger partial charge >= 0.3 is 6.36 Å². The molecule has 1 N–H and O–H groups in total. The Hall–Kier alpha value is -2.42. The van der Waals surface area contributed by atoms with Crippen molar-refractivity contribution in [2.75, 3.05) is 18.0 Å². The predicted molar refractivity (Wildman–Crippen MR) is 89.8 cm³/mol. The number of halogens is 4. The number of hydrogen-bond acceptors (Lipinski definition) is 5. The quantitative estimate of drug-likeness (QED) is 0.816. The highest BCUT2D eigenvalue weighted by Crippen LogP contribution is 2.36. The molecule has 1 aromatic carbocycles. The summed E-state index contributed by atoms with van der Waals surface area (Å²) in [6.07, 6.45) is -2.63. The van der Waals surface area contributed by atoms with Crippen molar-refractivity contribution < 1.29 is 27.4 Å². The molecule has 27 heavy (non-hydrogen) atoms. The predicted octanol–water partition coefficient (Wildman–Crippen LogP) is 3.56. The van der Waals surface area contributed by atoms with Gasteiger partial charge in [-0.25, -0.2) is 14.4 Å². The monoisotopic (exact) mass is 385 g/mol. The van der Waals surface area contributed by atoms with Crippen LogP contribution < -0.4 is 9.64 Å². The molecule has 9 heteroatoms. The van der Waals surface area contributed by atoms with Gasteiger partial charge in [-0.3, -0.25) is 0 Å². The van der Waals surface area contributed by atoms with Crippen LogP contribution in [0.5, 0.6) is 5.75 Å². The van der Waals surface area contributed by atoms with E-state index >= 15 is 0 Å². The van der Waals surface area contributed by atoms with Crippen LogP contribution in [0.25, 0.3) is 0 Å². The molecular weight excluding hydrogens is 366 g/mol. The fourth-order valence-corrected chi connectivity index (χ4v) is 3.22. The Kier molecular flexibility index (Phi) is 5.23. The van der Waals surface area contributed by atoms with Crippen molar-refractivity contribution >= 4 is 5.82 Å². The van der Waals surface area contributed by atoms with Crippen molar-refractivity contribution in [1.29, 1.82) is 0 Å². The van der Waals surface area contributed by atoms with Gasteiger partial charge in [-0.1, -0.05) is 19.1 Å². The number of aromatic nitrogens is 2. The number of ether oxygens (including phenoxy) is 1. The molecule has 146 valence electrons. The molecular formula is C18H19F4N3O2. The van der Waals surface area contributed by atoms with Gasteiger partial charge in [-0.05, 0) is 37.0 Å². The summed E-state index contributed by atoms with van der Waals surface area (Å²) in [6, 6.07) is 5.32. The molecule has 2 aromatic rings. The molecule has 1 aliphatic heterocycles. The molecule has 0 spiro atoms. The first-order valence-electron chi connectivity index (χ1n) is 8.55. The molecule has 1 aromatic heterocycles. The summed E-state index contributed by atoms with van der Waals surface area (Å²) < 4.78 is 55.6. The molecule has 1 aliphatic rings. The average molecular weight is 385 g/mol. The molecule has 2 heterocycles. The number of benzene rings is 1. The molecule has 5 nitrogen and oxygen atoms in total. The van der Waals surface area contributed by atoms with E-state index in [0.717, 1.165) is 0 Å². The van der Waals surface area contributed by atoms with Crippen molar-refractivity contribution in [2.45, 2.75) is 38.1 Å². The minimum atomic E-state index is -4.80. The Labute approximate surface area is 153 Å².